The molecule has 1 heterocycles. The van der Waals surface area contributed by atoms with Gasteiger partial charge in [0, 0.05) is 17.9 Å². The molecule has 1 aromatic heterocycles. The molecule has 6 heteroatoms. The van der Waals surface area contributed by atoms with Gasteiger partial charge in [-0.1, -0.05) is 18.2 Å². The summed E-state index contributed by atoms with van der Waals surface area (Å²) in [5, 5.41) is 0. The maximum absolute atomic E-state index is 12.4. The number of carbonyl (C=O) groups excluding carboxylic acids is 2. The molecule has 0 atom stereocenters. The van der Waals surface area contributed by atoms with Crippen molar-refractivity contribution in [2.75, 3.05) is 31.2 Å². The number of para-hydroxylation sites is 1. The number of ether oxygens (including phenoxy) is 2. The zero-order valence-corrected chi connectivity index (χ0v) is 15.8. The first-order chi connectivity index (χ1) is 12.5. The minimum absolute atomic E-state index is 0.258. The third kappa shape index (κ3) is 4.45. The Morgan fingerprint density at radius 1 is 1.04 bits per heavy atom. The lowest BCUT2D eigenvalue weighted by Gasteiger charge is -2.22. The number of aromatic nitrogens is 1. The van der Waals surface area contributed by atoms with E-state index in [1.54, 1.807) is 20.8 Å². The van der Waals surface area contributed by atoms with Crippen LogP contribution >= 0.6 is 0 Å². The average molecular weight is 358 g/mol. The molecule has 1 aromatic carbocycles. The molecule has 6 nitrogen and oxygen atoms in total. The fraction of sp³-hybridized carbons (Fsp3) is 0.400. The molecular weight excluding hydrogens is 332 g/mol. The van der Waals surface area contributed by atoms with E-state index in [0.717, 1.165) is 12.2 Å². The summed E-state index contributed by atoms with van der Waals surface area (Å²) in [5.41, 5.74) is 2.95. The van der Waals surface area contributed by atoms with Crippen LogP contribution in [0.5, 0.6) is 0 Å². The Balaban J connectivity index is 2.00. The van der Waals surface area contributed by atoms with Crippen molar-refractivity contribution in [2.45, 2.75) is 27.7 Å². The van der Waals surface area contributed by atoms with Gasteiger partial charge in [-0.05, 0) is 45.4 Å². The standard InChI is InChI=1S/C20H26N2O4/c1-5-22(16-10-8-7-9-11-16)12-13-26-20(24)18-14(3)17(15(4)21-18)19(23)25-6-2/h7-11,21H,5-6,12-13H2,1-4H3. The van der Waals surface area contributed by atoms with Crippen molar-refractivity contribution in [3.63, 3.8) is 0 Å². The lowest BCUT2D eigenvalue weighted by atomic mass is 10.1. The number of esters is 2. The minimum atomic E-state index is -0.467. The van der Waals surface area contributed by atoms with Crippen molar-refractivity contribution >= 4 is 17.6 Å². The average Bonchev–Trinajstić information content (AvgIpc) is 2.94. The summed E-state index contributed by atoms with van der Waals surface area (Å²) in [6, 6.07) is 9.97. The second kappa shape index (κ2) is 9.08. The topological polar surface area (TPSA) is 71.6 Å². The molecule has 0 amide bonds. The number of H-pyrrole nitrogens is 1. The van der Waals surface area contributed by atoms with E-state index in [4.69, 9.17) is 9.47 Å². The predicted molar refractivity (Wildman–Crippen MR) is 101 cm³/mol. The Kier molecular flexibility index (Phi) is 6.83. The number of carbonyl (C=O) groups is 2. The highest BCUT2D eigenvalue weighted by Crippen LogP contribution is 2.20. The van der Waals surface area contributed by atoms with E-state index in [-0.39, 0.29) is 13.2 Å². The third-order valence-corrected chi connectivity index (χ3v) is 4.22. The Morgan fingerprint density at radius 2 is 1.73 bits per heavy atom. The van der Waals surface area contributed by atoms with Crippen LogP contribution in [0.4, 0.5) is 5.69 Å². The third-order valence-electron chi connectivity index (χ3n) is 4.22. The zero-order valence-electron chi connectivity index (χ0n) is 15.8. The molecule has 0 saturated carbocycles. The molecule has 26 heavy (non-hydrogen) atoms. The van der Waals surface area contributed by atoms with Gasteiger partial charge in [0.2, 0.25) is 0 Å². The van der Waals surface area contributed by atoms with E-state index in [0.29, 0.717) is 29.1 Å². The predicted octanol–water partition coefficient (Wildman–Crippen LogP) is 3.49. The van der Waals surface area contributed by atoms with Gasteiger partial charge >= 0.3 is 11.9 Å². The van der Waals surface area contributed by atoms with Gasteiger partial charge < -0.3 is 19.4 Å². The molecule has 0 aliphatic rings. The van der Waals surface area contributed by atoms with Crippen LogP contribution in [0.15, 0.2) is 30.3 Å². The first-order valence-corrected chi connectivity index (χ1v) is 8.82. The molecule has 2 rings (SSSR count). The lowest BCUT2D eigenvalue weighted by molar-refractivity contribution is 0.0507. The van der Waals surface area contributed by atoms with Crippen molar-refractivity contribution in [1.82, 2.24) is 4.98 Å². The van der Waals surface area contributed by atoms with Crippen LogP contribution < -0.4 is 4.90 Å². The number of nitrogens with one attached hydrogen (secondary N) is 1. The van der Waals surface area contributed by atoms with E-state index < -0.39 is 11.9 Å². The Morgan fingerprint density at radius 3 is 2.35 bits per heavy atom. The van der Waals surface area contributed by atoms with Crippen molar-refractivity contribution < 1.29 is 19.1 Å². The summed E-state index contributed by atoms with van der Waals surface area (Å²) in [4.78, 5) is 29.5. The molecule has 2 aromatic rings. The number of anilines is 1. The van der Waals surface area contributed by atoms with Gasteiger partial charge in [0.25, 0.3) is 0 Å². The summed E-state index contributed by atoms with van der Waals surface area (Å²) in [7, 11) is 0. The Labute approximate surface area is 154 Å². The molecule has 0 aliphatic heterocycles. The fourth-order valence-corrected chi connectivity index (χ4v) is 2.89. The van der Waals surface area contributed by atoms with Crippen molar-refractivity contribution in [3.8, 4) is 0 Å². The SMILES string of the molecule is CCOC(=O)c1c(C)[nH]c(C(=O)OCCN(CC)c2ccccc2)c1C. The molecule has 0 radical (unpaired) electrons. The van der Waals surface area contributed by atoms with Gasteiger partial charge in [-0.3, -0.25) is 0 Å². The maximum Gasteiger partial charge on any atom is 0.355 e. The Bertz CT molecular complexity index is 753. The monoisotopic (exact) mass is 358 g/mol. The van der Waals surface area contributed by atoms with Crippen LogP contribution in [0.3, 0.4) is 0 Å². The van der Waals surface area contributed by atoms with E-state index in [1.807, 2.05) is 30.3 Å². The largest absolute Gasteiger partial charge is 0.462 e. The van der Waals surface area contributed by atoms with Crippen LogP contribution in [-0.2, 0) is 9.47 Å². The molecule has 0 bridgehead atoms. The van der Waals surface area contributed by atoms with Crippen LogP contribution in [0.25, 0.3) is 0 Å². The fourth-order valence-electron chi connectivity index (χ4n) is 2.89. The maximum atomic E-state index is 12.4. The van der Waals surface area contributed by atoms with E-state index >= 15 is 0 Å². The van der Waals surface area contributed by atoms with Gasteiger partial charge in [-0.15, -0.1) is 0 Å². The molecule has 0 unspecified atom stereocenters. The number of nitrogens with zero attached hydrogens (tertiary/aromatic N) is 1. The number of aromatic amines is 1. The molecule has 1 N–H and O–H groups in total. The second-order valence-electron chi connectivity index (χ2n) is 5.90. The molecular formula is C20H26N2O4. The summed E-state index contributed by atoms with van der Waals surface area (Å²) in [6.45, 7) is 9.21. The van der Waals surface area contributed by atoms with E-state index in [2.05, 4.69) is 16.8 Å². The van der Waals surface area contributed by atoms with Crippen LogP contribution in [0, 0.1) is 13.8 Å². The number of hydrogen-bond acceptors (Lipinski definition) is 5. The normalized spacial score (nSPS) is 10.5. The van der Waals surface area contributed by atoms with Crippen molar-refractivity contribution in [2.24, 2.45) is 0 Å². The van der Waals surface area contributed by atoms with Gasteiger partial charge in [0.05, 0.1) is 18.7 Å². The second-order valence-corrected chi connectivity index (χ2v) is 5.90. The smallest absolute Gasteiger partial charge is 0.355 e. The lowest BCUT2D eigenvalue weighted by Crippen LogP contribution is -2.28. The minimum Gasteiger partial charge on any atom is -0.462 e. The first-order valence-electron chi connectivity index (χ1n) is 8.82. The van der Waals surface area contributed by atoms with Gasteiger partial charge in [0.1, 0.15) is 12.3 Å². The van der Waals surface area contributed by atoms with Crippen LogP contribution in [-0.4, -0.2) is 43.2 Å². The van der Waals surface area contributed by atoms with Crippen LogP contribution in [0.2, 0.25) is 0 Å². The van der Waals surface area contributed by atoms with Crippen molar-refractivity contribution in [3.05, 3.63) is 52.8 Å². The molecule has 0 saturated heterocycles. The summed E-state index contributed by atoms with van der Waals surface area (Å²) in [6.07, 6.45) is 0. The van der Waals surface area contributed by atoms with Gasteiger partial charge in [-0.2, -0.15) is 0 Å². The van der Waals surface area contributed by atoms with Gasteiger partial charge in [0.15, 0.2) is 0 Å². The van der Waals surface area contributed by atoms with E-state index in [9.17, 15) is 9.59 Å². The molecule has 140 valence electrons. The molecule has 0 aliphatic carbocycles. The summed E-state index contributed by atoms with van der Waals surface area (Å²) >= 11 is 0. The highest BCUT2D eigenvalue weighted by molar-refractivity contribution is 5.98. The molecule has 0 spiro atoms. The van der Waals surface area contributed by atoms with Gasteiger partial charge in [-0.25, -0.2) is 9.59 Å². The number of aryl methyl sites for hydroxylation is 1. The highest BCUT2D eigenvalue weighted by atomic mass is 16.5. The number of benzene rings is 1. The zero-order chi connectivity index (χ0) is 19.1. The summed E-state index contributed by atoms with van der Waals surface area (Å²) < 4.78 is 10.4. The van der Waals surface area contributed by atoms with Crippen LogP contribution in [0.1, 0.15) is 46.0 Å². The van der Waals surface area contributed by atoms with E-state index in [1.165, 1.54) is 0 Å². The first kappa shape index (κ1) is 19.6. The number of hydrogen-bond donors (Lipinski definition) is 1. The highest BCUT2D eigenvalue weighted by Gasteiger charge is 2.23. The summed E-state index contributed by atoms with van der Waals surface area (Å²) in [5.74, 6) is -0.899. The Hall–Kier alpha value is -2.76. The quantitative estimate of drug-likeness (QED) is 0.732. The number of likely N-dealkylation sites (N-methyl/N-ethyl adjacent to an activating group) is 1. The number of rotatable bonds is 8. The molecule has 0 fully saturated rings. The van der Waals surface area contributed by atoms with Crippen molar-refractivity contribution in [1.29, 1.82) is 0 Å².